The molecule has 3 rings (SSSR count). The maximum atomic E-state index is 12.4. The molecule has 0 saturated carbocycles. The lowest BCUT2D eigenvalue weighted by molar-refractivity contribution is -0.111. The molecule has 0 aliphatic rings. The van der Waals surface area contributed by atoms with Gasteiger partial charge >= 0.3 is 0 Å². The van der Waals surface area contributed by atoms with Gasteiger partial charge in [-0.3, -0.25) is 4.79 Å². The van der Waals surface area contributed by atoms with Crippen LogP contribution in [0.5, 0.6) is 23.0 Å². The fourth-order valence-corrected chi connectivity index (χ4v) is 3.31. The molecule has 0 unspecified atom stereocenters. The summed E-state index contributed by atoms with van der Waals surface area (Å²) in [7, 11) is 6.27. The Labute approximate surface area is 199 Å². The fourth-order valence-electron chi connectivity index (χ4n) is 3.31. The Morgan fingerprint density at radius 1 is 0.735 bits per heavy atom. The highest BCUT2D eigenvalue weighted by molar-refractivity contribution is 6.03. The zero-order valence-corrected chi connectivity index (χ0v) is 19.6. The van der Waals surface area contributed by atoms with Crippen LogP contribution in [0.25, 0.3) is 18.2 Å². The minimum absolute atomic E-state index is 0.276. The standard InChI is InChI=1S/C27H28N2O5/c1-31-23-15-19(8-9-20-16-24(32-2)27(34-4)25(17-20)33-3)10-12-22(23)29-26(30)13-11-18-6-5-7-21(28)14-18/h5-17H,28H2,1-4H3,(H,29,30)/b9-8+,13-11+. The Morgan fingerprint density at radius 3 is 1.97 bits per heavy atom. The molecular formula is C27H28N2O5. The Balaban J connectivity index is 1.76. The Hall–Kier alpha value is -4.39. The monoisotopic (exact) mass is 460 g/mol. The van der Waals surface area contributed by atoms with Gasteiger partial charge in [-0.25, -0.2) is 0 Å². The number of carbonyl (C=O) groups excluding carboxylic acids is 1. The van der Waals surface area contributed by atoms with Crippen molar-refractivity contribution in [1.82, 2.24) is 0 Å². The number of ether oxygens (including phenoxy) is 4. The molecule has 0 fully saturated rings. The molecule has 7 heteroatoms. The van der Waals surface area contributed by atoms with Gasteiger partial charge in [-0.15, -0.1) is 0 Å². The summed E-state index contributed by atoms with van der Waals surface area (Å²) in [4.78, 5) is 12.4. The van der Waals surface area contributed by atoms with E-state index in [0.717, 1.165) is 16.7 Å². The van der Waals surface area contributed by atoms with Gasteiger partial charge in [-0.2, -0.15) is 0 Å². The molecule has 0 heterocycles. The molecule has 7 nitrogen and oxygen atoms in total. The summed E-state index contributed by atoms with van der Waals surface area (Å²) in [6.45, 7) is 0. The lowest BCUT2D eigenvalue weighted by Crippen LogP contribution is -2.09. The topological polar surface area (TPSA) is 92.0 Å². The Morgan fingerprint density at radius 2 is 1.35 bits per heavy atom. The number of rotatable bonds is 9. The van der Waals surface area contributed by atoms with E-state index in [9.17, 15) is 4.79 Å². The third-order valence-electron chi connectivity index (χ3n) is 4.98. The first-order chi connectivity index (χ1) is 16.5. The van der Waals surface area contributed by atoms with Crippen molar-refractivity contribution in [2.45, 2.75) is 0 Å². The molecule has 0 aromatic heterocycles. The highest BCUT2D eigenvalue weighted by atomic mass is 16.5. The van der Waals surface area contributed by atoms with Gasteiger partial charge in [0.15, 0.2) is 11.5 Å². The van der Waals surface area contributed by atoms with E-state index in [1.165, 1.54) is 6.08 Å². The van der Waals surface area contributed by atoms with Crippen LogP contribution in [0.4, 0.5) is 11.4 Å². The summed E-state index contributed by atoms with van der Waals surface area (Å²) in [5.74, 6) is 1.94. The van der Waals surface area contributed by atoms with Crippen LogP contribution in [0, 0.1) is 0 Å². The molecule has 1 amide bonds. The van der Waals surface area contributed by atoms with Gasteiger partial charge in [0.2, 0.25) is 11.7 Å². The van der Waals surface area contributed by atoms with Crippen LogP contribution in [0.15, 0.2) is 60.7 Å². The van der Waals surface area contributed by atoms with Crippen LogP contribution >= 0.6 is 0 Å². The minimum atomic E-state index is -0.276. The number of hydrogen-bond donors (Lipinski definition) is 2. The average molecular weight is 461 g/mol. The summed E-state index contributed by atoms with van der Waals surface area (Å²) in [6, 6.07) is 16.5. The van der Waals surface area contributed by atoms with Gasteiger partial charge in [-0.1, -0.05) is 30.4 Å². The van der Waals surface area contributed by atoms with Gasteiger partial charge in [-0.05, 0) is 59.2 Å². The summed E-state index contributed by atoms with van der Waals surface area (Å²) >= 11 is 0. The number of hydrogen-bond acceptors (Lipinski definition) is 6. The number of nitrogen functional groups attached to an aromatic ring is 1. The van der Waals surface area contributed by atoms with Crippen molar-refractivity contribution in [1.29, 1.82) is 0 Å². The van der Waals surface area contributed by atoms with E-state index in [2.05, 4.69) is 5.32 Å². The second-order valence-corrected chi connectivity index (χ2v) is 7.24. The SMILES string of the molecule is COc1cc(/C=C/c2cc(OC)c(OC)c(OC)c2)ccc1NC(=O)/C=C/c1cccc(N)c1. The van der Waals surface area contributed by atoms with Crippen molar-refractivity contribution in [3.63, 3.8) is 0 Å². The molecule has 3 aromatic rings. The minimum Gasteiger partial charge on any atom is -0.495 e. The van der Waals surface area contributed by atoms with Crippen molar-refractivity contribution in [2.24, 2.45) is 0 Å². The molecule has 176 valence electrons. The smallest absolute Gasteiger partial charge is 0.248 e. The van der Waals surface area contributed by atoms with Crippen molar-refractivity contribution in [2.75, 3.05) is 39.5 Å². The number of methoxy groups -OCH3 is 4. The predicted molar refractivity (Wildman–Crippen MR) is 137 cm³/mol. The number of anilines is 2. The van der Waals surface area contributed by atoms with E-state index in [-0.39, 0.29) is 5.91 Å². The van der Waals surface area contributed by atoms with Crippen molar-refractivity contribution in [3.8, 4) is 23.0 Å². The highest BCUT2D eigenvalue weighted by Gasteiger charge is 2.12. The van der Waals surface area contributed by atoms with Crippen molar-refractivity contribution < 1.29 is 23.7 Å². The van der Waals surface area contributed by atoms with Gasteiger partial charge < -0.3 is 30.0 Å². The molecule has 0 saturated heterocycles. The van der Waals surface area contributed by atoms with Crippen LogP contribution in [-0.4, -0.2) is 34.3 Å². The van der Waals surface area contributed by atoms with E-state index in [1.54, 1.807) is 52.7 Å². The molecule has 3 N–H and O–H groups in total. The first-order valence-electron chi connectivity index (χ1n) is 10.5. The van der Waals surface area contributed by atoms with Crippen LogP contribution in [-0.2, 0) is 4.79 Å². The zero-order chi connectivity index (χ0) is 24.5. The largest absolute Gasteiger partial charge is 0.495 e. The van der Waals surface area contributed by atoms with Crippen molar-refractivity contribution in [3.05, 3.63) is 77.4 Å². The highest BCUT2D eigenvalue weighted by Crippen LogP contribution is 2.38. The van der Waals surface area contributed by atoms with Crippen LogP contribution in [0.3, 0.4) is 0 Å². The quantitative estimate of drug-likeness (QED) is 0.261. The van der Waals surface area contributed by atoms with Gasteiger partial charge in [0.05, 0.1) is 34.1 Å². The molecule has 0 bridgehead atoms. The molecule has 0 radical (unpaired) electrons. The zero-order valence-electron chi connectivity index (χ0n) is 19.6. The summed E-state index contributed by atoms with van der Waals surface area (Å²) in [5, 5.41) is 2.84. The van der Waals surface area contributed by atoms with Gasteiger partial charge in [0.1, 0.15) is 5.75 Å². The average Bonchev–Trinajstić information content (AvgIpc) is 2.86. The lowest BCUT2D eigenvalue weighted by Gasteiger charge is -2.13. The van der Waals surface area contributed by atoms with Gasteiger partial charge in [0.25, 0.3) is 0 Å². The summed E-state index contributed by atoms with van der Waals surface area (Å²) in [6.07, 6.45) is 7.00. The van der Waals surface area contributed by atoms with Crippen LogP contribution < -0.4 is 30.0 Å². The molecule has 0 aliphatic heterocycles. The number of benzene rings is 3. The van der Waals surface area contributed by atoms with E-state index in [0.29, 0.717) is 34.4 Å². The second kappa shape index (κ2) is 11.5. The van der Waals surface area contributed by atoms with Crippen molar-refractivity contribution >= 4 is 35.5 Å². The second-order valence-electron chi connectivity index (χ2n) is 7.24. The maximum absolute atomic E-state index is 12.4. The number of nitrogens with one attached hydrogen (secondary N) is 1. The number of amides is 1. The third-order valence-corrected chi connectivity index (χ3v) is 4.98. The summed E-state index contributed by atoms with van der Waals surface area (Å²) in [5.41, 5.74) is 9.58. The molecule has 0 atom stereocenters. The molecule has 3 aromatic carbocycles. The normalized spacial score (nSPS) is 10.9. The molecule has 0 spiro atoms. The van der Waals surface area contributed by atoms with Gasteiger partial charge in [0, 0.05) is 11.8 Å². The van der Waals surface area contributed by atoms with E-state index >= 15 is 0 Å². The maximum Gasteiger partial charge on any atom is 0.248 e. The summed E-state index contributed by atoms with van der Waals surface area (Å²) < 4.78 is 21.6. The molecular weight excluding hydrogens is 432 g/mol. The first kappa shape index (κ1) is 24.3. The van der Waals surface area contributed by atoms with E-state index in [4.69, 9.17) is 24.7 Å². The number of nitrogens with two attached hydrogens (primary N) is 1. The third kappa shape index (κ3) is 6.10. The lowest BCUT2D eigenvalue weighted by atomic mass is 10.1. The fraction of sp³-hybridized carbons (Fsp3) is 0.148. The number of carbonyl (C=O) groups is 1. The Bertz CT molecular complexity index is 1190. The van der Waals surface area contributed by atoms with E-state index < -0.39 is 0 Å². The first-order valence-corrected chi connectivity index (χ1v) is 10.5. The van der Waals surface area contributed by atoms with Crippen LogP contribution in [0.1, 0.15) is 16.7 Å². The van der Waals surface area contributed by atoms with E-state index in [1.807, 2.05) is 48.6 Å². The predicted octanol–water partition coefficient (Wildman–Crippen LogP) is 5.13. The Kier molecular flexibility index (Phi) is 8.18. The van der Waals surface area contributed by atoms with Crippen LogP contribution in [0.2, 0.25) is 0 Å². The molecule has 34 heavy (non-hydrogen) atoms. The molecule has 0 aliphatic carbocycles.